The summed E-state index contributed by atoms with van der Waals surface area (Å²) < 4.78 is 26.7. The van der Waals surface area contributed by atoms with Crippen LogP contribution in [0, 0.1) is 11.3 Å². The third kappa shape index (κ3) is 4.92. The summed E-state index contributed by atoms with van der Waals surface area (Å²) in [5.74, 6) is -0.0600. The van der Waals surface area contributed by atoms with Crippen LogP contribution in [0.15, 0.2) is 29.2 Å². The van der Waals surface area contributed by atoms with Crippen LogP contribution in [-0.2, 0) is 14.8 Å². The van der Waals surface area contributed by atoms with Gasteiger partial charge in [-0.15, -0.1) is 0 Å². The highest BCUT2D eigenvalue weighted by molar-refractivity contribution is 7.89. The van der Waals surface area contributed by atoms with Gasteiger partial charge < -0.3 is 4.90 Å². The van der Waals surface area contributed by atoms with Crippen LogP contribution in [-0.4, -0.2) is 74.7 Å². The normalized spacial score (nSPS) is 16.0. The lowest BCUT2D eigenvalue weighted by atomic mass is 10.3. The van der Waals surface area contributed by atoms with Crippen LogP contribution in [0.2, 0.25) is 5.02 Å². The minimum atomic E-state index is -3.66. The molecule has 1 amide bonds. The van der Waals surface area contributed by atoms with E-state index in [4.69, 9.17) is 16.9 Å². The molecule has 9 heteroatoms. The van der Waals surface area contributed by atoms with Gasteiger partial charge in [0.1, 0.15) is 4.90 Å². The Balaban J connectivity index is 1.94. The maximum atomic E-state index is 12.7. The molecule has 1 aromatic rings. The number of carbonyl (C=O) groups excluding carboxylic acids is 1. The summed E-state index contributed by atoms with van der Waals surface area (Å²) in [7, 11) is -1.87. The molecule has 1 aliphatic rings. The molecule has 1 aliphatic heterocycles. The van der Waals surface area contributed by atoms with Gasteiger partial charge in [0, 0.05) is 39.1 Å². The number of rotatable bonds is 6. The summed E-state index contributed by atoms with van der Waals surface area (Å²) in [5, 5.41) is 8.77. The molecule has 0 radical (unpaired) electrons. The zero-order valence-electron chi connectivity index (χ0n) is 14.1. The highest BCUT2D eigenvalue weighted by Crippen LogP contribution is 2.24. The van der Waals surface area contributed by atoms with Crippen LogP contribution in [0.25, 0.3) is 0 Å². The van der Waals surface area contributed by atoms with Crippen molar-refractivity contribution in [2.75, 3.05) is 46.3 Å². The van der Waals surface area contributed by atoms with Crippen LogP contribution in [0.5, 0.6) is 0 Å². The van der Waals surface area contributed by atoms with Crippen molar-refractivity contribution in [2.45, 2.75) is 11.3 Å². The zero-order chi connectivity index (χ0) is 18.4. The third-order valence-electron chi connectivity index (χ3n) is 4.06. The number of benzene rings is 1. The van der Waals surface area contributed by atoms with E-state index in [2.05, 4.69) is 0 Å². The van der Waals surface area contributed by atoms with Crippen LogP contribution in [0.3, 0.4) is 0 Å². The molecule has 0 bridgehead atoms. The monoisotopic (exact) mass is 384 g/mol. The third-order valence-corrected chi connectivity index (χ3v) is 6.45. The maximum absolute atomic E-state index is 12.7. The van der Waals surface area contributed by atoms with Gasteiger partial charge in [0.05, 0.1) is 17.6 Å². The number of nitriles is 1. The molecule has 136 valence electrons. The van der Waals surface area contributed by atoms with Crippen molar-refractivity contribution in [3.05, 3.63) is 29.3 Å². The van der Waals surface area contributed by atoms with Gasteiger partial charge in [-0.25, -0.2) is 8.42 Å². The molecule has 2 rings (SSSR count). The minimum Gasteiger partial charge on any atom is -0.339 e. The van der Waals surface area contributed by atoms with Crippen molar-refractivity contribution >= 4 is 27.5 Å². The Kier molecular flexibility index (Phi) is 6.79. The fraction of sp³-hybridized carbons (Fsp3) is 0.500. The van der Waals surface area contributed by atoms with Crippen LogP contribution in [0.4, 0.5) is 0 Å². The first-order chi connectivity index (χ1) is 11.9. The summed E-state index contributed by atoms with van der Waals surface area (Å²) >= 11 is 6.01. The predicted octanol–water partition coefficient (Wildman–Crippen LogP) is 1.02. The molecular formula is C16H21ClN4O3S. The fourth-order valence-electron chi connectivity index (χ4n) is 2.62. The van der Waals surface area contributed by atoms with Crippen molar-refractivity contribution in [3.8, 4) is 6.07 Å². The maximum Gasteiger partial charge on any atom is 0.244 e. The highest BCUT2D eigenvalue weighted by Gasteiger charge is 2.31. The van der Waals surface area contributed by atoms with Crippen molar-refractivity contribution in [1.82, 2.24) is 14.1 Å². The predicted molar refractivity (Wildman–Crippen MR) is 94.5 cm³/mol. The van der Waals surface area contributed by atoms with Gasteiger partial charge in [-0.1, -0.05) is 23.7 Å². The molecule has 0 spiro atoms. The molecule has 1 heterocycles. The fourth-order valence-corrected chi connectivity index (χ4v) is 4.54. The van der Waals surface area contributed by atoms with Gasteiger partial charge >= 0.3 is 0 Å². The van der Waals surface area contributed by atoms with Crippen molar-refractivity contribution < 1.29 is 13.2 Å². The molecule has 0 unspecified atom stereocenters. The Morgan fingerprint density at radius 3 is 2.52 bits per heavy atom. The topological polar surface area (TPSA) is 84.7 Å². The Labute approximate surface area is 153 Å². The van der Waals surface area contributed by atoms with Gasteiger partial charge in [-0.3, -0.25) is 9.69 Å². The van der Waals surface area contributed by atoms with E-state index in [9.17, 15) is 13.2 Å². The molecule has 0 aromatic heterocycles. The van der Waals surface area contributed by atoms with Crippen molar-refractivity contribution in [1.29, 1.82) is 5.26 Å². The molecule has 7 nitrogen and oxygen atoms in total. The number of halogens is 1. The lowest BCUT2D eigenvalue weighted by molar-refractivity contribution is -0.133. The smallest absolute Gasteiger partial charge is 0.244 e. The number of hydrogen-bond acceptors (Lipinski definition) is 5. The Bertz CT molecular complexity index is 755. The Morgan fingerprint density at radius 2 is 1.92 bits per heavy atom. The number of amides is 1. The van der Waals surface area contributed by atoms with E-state index in [1.807, 2.05) is 6.07 Å². The first-order valence-corrected chi connectivity index (χ1v) is 9.76. The molecule has 0 aliphatic carbocycles. The van der Waals surface area contributed by atoms with E-state index < -0.39 is 10.0 Å². The second kappa shape index (κ2) is 8.63. The number of likely N-dealkylation sites (N-methyl/N-ethyl adjacent to an activating group) is 1. The molecule has 25 heavy (non-hydrogen) atoms. The van der Waals surface area contributed by atoms with Crippen LogP contribution >= 0.6 is 11.6 Å². The zero-order valence-corrected chi connectivity index (χ0v) is 15.6. The second-order valence-electron chi connectivity index (χ2n) is 5.86. The minimum absolute atomic E-state index is 0.0600. The molecule has 0 saturated carbocycles. The Hall–Kier alpha value is -1.66. The molecule has 1 fully saturated rings. The number of sulfonamides is 1. The lowest BCUT2D eigenvalue weighted by Gasteiger charge is -2.34. The van der Waals surface area contributed by atoms with Gasteiger partial charge in [0.2, 0.25) is 15.9 Å². The number of piperazine rings is 1. The quantitative estimate of drug-likeness (QED) is 0.731. The Morgan fingerprint density at radius 1 is 1.28 bits per heavy atom. The first kappa shape index (κ1) is 19.7. The summed E-state index contributed by atoms with van der Waals surface area (Å²) in [6.45, 7) is 1.91. The number of hydrogen-bond donors (Lipinski definition) is 0. The summed E-state index contributed by atoms with van der Waals surface area (Å²) in [5.41, 5.74) is 0. The van der Waals surface area contributed by atoms with Crippen LogP contribution in [0.1, 0.15) is 6.42 Å². The molecule has 1 aromatic carbocycles. The van der Waals surface area contributed by atoms with Crippen molar-refractivity contribution in [3.63, 3.8) is 0 Å². The van der Waals surface area contributed by atoms with Gasteiger partial charge in [0.25, 0.3) is 0 Å². The summed E-state index contributed by atoms with van der Waals surface area (Å²) in [4.78, 5) is 15.8. The van der Waals surface area contributed by atoms with E-state index >= 15 is 0 Å². The van der Waals surface area contributed by atoms with Gasteiger partial charge in [-0.05, 0) is 19.2 Å². The number of nitrogens with zero attached hydrogens (tertiary/aromatic N) is 4. The standard InChI is InChI=1S/C16H21ClN4O3S/c1-19(8-4-7-18)13-16(22)20-9-11-21(12-10-20)25(23,24)15-6-3-2-5-14(15)17/h2-3,5-6H,4,8-13H2,1H3. The van der Waals surface area contributed by atoms with E-state index in [-0.39, 0.29) is 35.5 Å². The average Bonchev–Trinajstić information content (AvgIpc) is 2.60. The van der Waals surface area contributed by atoms with E-state index in [1.165, 1.54) is 10.4 Å². The van der Waals surface area contributed by atoms with Gasteiger partial charge in [-0.2, -0.15) is 9.57 Å². The van der Waals surface area contributed by atoms with Crippen LogP contribution < -0.4 is 0 Å². The first-order valence-electron chi connectivity index (χ1n) is 7.94. The number of carbonyl (C=O) groups is 1. The molecule has 0 N–H and O–H groups in total. The van der Waals surface area contributed by atoms with E-state index in [0.717, 1.165) is 0 Å². The summed E-state index contributed by atoms with van der Waals surface area (Å²) in [6.07, 6.45) is 0.369. The SMILES string of the molecule is CN(CCC#N)CC(=O)N1CCN(S(=O)(=O)c2ccccc2Cl)CC1. The molecule has 1 saturated heterocycles. The molecule has 0 atom stereocenters. The lowest BCUT2D eigenvalue weighted by Crippen LogP contribution is -2.52. The average molecular weight is 385 g/mol. The largest absolute Gasteiger partial charge is 0.339 e. The van der Waals surface area contributed by atoms with E-state index in [0.29, 0.717) is 26.1 Å². The summed E-state index contributed by atoms with van der Waals surface area (Å²) in [6, 6.07) is 8.39. The highest BCUT2D eigenvalue weighted by atomic mass is 35.5. The van der Waals surface area contributed by atoms with E-state index in [1.54, 1.807) is 35.0 Å². The second-order valence-corrected chi connectivity index (χ2v) is 8.17. The van der Waals surface area contributed by atoms with Gasteiger partial charge in [0.15, 0.2) is 0 Å². The van der Waals surface area contributed by atoms with Crippen molar-refractivity contribution in [2.24, 2.45) is 0 Å². The molecular weight excluding hydrogens is 364 g/mol.